The predicted molar refractivity (Wildman–Crippen MR) is 83.6 cm³/mol. The molecule has 0 spiro atoms. The lowest BCUT2D eigenvalue weighted by atomic mass is 9.40. The number of nitrogens with two attached hydrogens (primary N) is 1. The average Bonchev–Trinajstić information content (AvgIpc) is 2.20. The van der Waals surface area contributed by atoms with Gasteiger partial charge in [0, 0.05) is 25.4 Å². The van der Waals surface area contributed by atoms with Crippen molar-refractivity contribution in [1.29, 1.82) is 0 Å². The van der Waals surface area contributed by atoms with Crippen LogP contribution in [0.3, 0.4) is 0 Å². The molecule has 3 nitrogen and oxygen atoms in total. The molecular formula is C18H30N2O. The number of carbonyl (C=O) groups is 1. The summed E-state index contributed by atoms with van der Waals surface area (Å²) in [7, 11) is 0. The number of carbonyl (C=O) groups excluding carboxylic acids is 1. The topological polar surface area (TPSA) is 46.3 Å². The molecule has 5 aliphatic rings. The third kappa shape index (κ3) is 2.23. The molecule has 0 aromatic rings. The van der Waals surface area contributed by atoms with Crippen molar-refractivity contribution in [3.8, 4) is 0 Å². The molecule has 2 N–H and O–H groups in total. The van der Waals surface area contributed by atoms with Crippen LogP contribution in [0.15, 0.2) is 0 Å². The molecule has 21 heavy (non-hydrogen) atoms. The molecule has 3 heteroatoms. The molecule has 5 fully saturated rings. The second-order valence-electron chi connectivity index (χ2n) is 9.71. The molecule has 2 unspecified atom stereocenters. The Morgan fingerprint density at radius 3 is 2.24 bits per heavy atom. The van der Waals surface area contributed by atoms with E-state index in [0.29, 0.717) is 28.1 Å². The van der Waals surface area contributed by atoms with E-state index in [1.54, 1.807) is 0 Å². The lowest BCUT2D eigenvalue weighted by molar-refractivity contribution is -0.164. The van der Waals surface area contributed by atoms with Crippen LogP contribution in [-0.2, 0) is 4.79 Å². The summed E-state index contributed by atoms with van der Waals surface area (Å²) in [6.07, 6.45) is 8.95. The van der Waals surface area contributed by atoms with E-state index < -0.39 is 0 Å². The van der Waals surface area contributed by atoms with Gasteiger partial charge in [0.15, 0.2) is 0 Å². The van der Waals surface area contributed by atoms with Crippen molar-refractivity contribution >= 4 is 5.91 Å². The molecule has 0 radical (unpaired) electrons. The van der Waals surface area contributed by atoms with Crippen molar-refractivity contribution in [3.63, 3.8) is 0 Å². The van der Waals surface area contributed by atoms with E-state index in [4.69, 9.17) is 5.73 Å². The van der Waals surface area contributed by atoms with Crippen molar-refractivity contribution < 1.29 is 4.79 Å². The van der Waals surface area contributed by atoms with Crippen LogP contribution in [0, 0.1) is 28.1 Å². The first-order valence-electron chi connectivity index (χ1n) is 8.81. The van der Waals surface area contributed by atoms with Crippen LogP contribution < -0.4 is 5.73 Å². The summed E-state index contributed by atoms with van der Waals surface area (Å²) in [4.78, 5) is 14.7. The van der Waals surface area contributed by atoms with Crippen molar-refractivity contribution in [2.75, 3.05) is 19.6 Å². The lowest BCUT2D eigenvalue weighted by Crippen LogP contribution is -2.58. The van der Waals surface area contributed by atoms with Gasteiger partial charge in [-0.2, -0.15) is 0 Å². The maximum absolute atomic E-state index is 12.7. The van der Waals surface area contributed by atoms with Crippen molar-refractivity contribution in [2.24, 2.45) is 33.8 Å². The maximum Gasteiger partial charge on any atom is 0.223 e. The highest BCUT2D eigenvalue weighted by atomic mass is 16.2. The molecule has 4 saturated carbocycles. The predicted octanol–water partition coefficient (Wildman–Crippen LogP) is 2.79. The fourth-order valence-electron chi connectivity index (χ4n) is 7.24. The monoisotopic (exact) mass is 290 g/mol. The van der Waals surface area contributed by atoms with E-state index in [9.17, 15) is 4.79 Å². The average molecular weight is 290 g/mol. The Hall–Kier alpha value is -0.570. The van der Waals surface area contributed by atoms with Gasteiger partial charge in [-0.1, -0.05) is 13.8 Å². The van der Waals surface area contributed by atoms with E-state index in [2.05, 4.69) is 18.7 Å². The second kappa shape index (κ2) is 4.24. The van der Waals surface area contributed by atoms with Gasteiger partial charge < -0.3 is 10.6 Å². The van der Waals surface area contributed by atoms with Crippen LogP contribution >= 0.6 is 0 Å². The summed E-state index contributed by atoms with van der Waals surface area (Å²) < 4.78 is 0. The molecule has 0 aromatic heterocycles. The molecule has 1 amide bonds. The van der Waals surface area contributed by atoms with Gasteiger partial charge in [-0.3, -0.25) is 4.79 Å². The first kappa shape index (κ1) is 14.0. The van der Waals surface area contributed by atoms with Crippen molar-refractivity contribution in [2.45, 2.75) is 58.8 Å². The van der Waals surface area contributed by atoms with Gasteiger partial charge >= 0.3 is 0 Å². The summed E-state index contributed by atoms with van der Waals surface area (Å²) in [5.41, 5.74) is 7.04. The van der Waals surface area contributed by atoms with Crippen molar-refractivity contribution in [3.05, 3.63) is 0 Å². The standard InChI is InChI=1S/C18H30N2O/c1-16-3-13-4-17(2,10-16)12-18(5-13,11-16)6-15(21)20-8-14(7-19)9-20/h13-14H,3-12,19H2,1-2H3. The third-order valence-corrected chi connectivity index (χ3v) is 6.91. The molecular weight excluding hydrogens is 260 g/mol. The van der Waals surface area contributed by atoms with Crippen LogP contribution in [0.2, 0.25) is 0 Å². The Kier molecular flexibility index (Phi) is 2.84. The quantitative estimate of drug-likeness (QED) is 0.869. The third-order valence-electron chi connectivity index (χ3n) is 6.91. The SMILES string of the molecule is CC12CC3CC(C)(C1)CC(CC(=O)N1CC(CN)C1)(C3)C2. The summed E-state index contributed by atoms with van der Waals surface area (Å²) in [6.45, 7) is 7.52. The normalized spacial score (nSPS) is 48.5. The number of hydrogen-bond donors (Lipinski definition) is 1. The fourth-order valence-corrected chi connectivity index (χ4v) is 7.24. The van der Waals surface area contributed by atoms with Gasteiger partial charge in [0.25, 0.3) is 0 Å². The lowest BCUT2D eigenvalue weighted by Gasteiger charge is -2.65. The summed E-state index contributed by atoms with van der Waals surface area (Å²) in [5.74, 6) is 1.85. The molecule has 1 saturated heterocycles. The smallest absolute Gasteiger partial charge is 0.223 e. The first-order valence-corrected chi connectivity index (χ1v) is 8.81. The molecule has 4 bridgehead atoms. The number of rotatable bonds is 3. The van der Waals surface area contributed by atoms with E-state index in [1.165, 1.54) is 38.5 Å². The van der Waals surface area contributed by atoms with Gasteiger partial charge in [0.2, 0.25) is 5.91 Å². The Morgan fingerprint density at radius 2 is 1.71 bits per heavy atom. The van der Waals surface area contributed by atoms with Gasteiger partial charge in [0.1, 0.15) is 0 Å². The molecule has 1 heterocycles. The fraction of sp³-hybridized carbons (Fsp3) is 0.944. The Morgan fingerprint density at radius 1 is 1.10 bits per heavy atom. The number of hydrogen-bond acceptors (Lipinski definition) is 2. The second-order valence-corrected chi connectivity index (χ2v) is 9.71. The van der Waals surface area contributed by atoms with Crippen LogP contribution in [-0.4, -0.2) is 30.4 Å². The minimum absolute atomic E-state index is 0.327. The summed E-state index contributed by atoms with van der Waals surface area (Å²) in [6, 6.07) is 0. The van der Waals surface area contributed by atoms with Gasteiger partial charge in [0.05, 0.1) is 0 Å². The highest BCUT2D eigenvalue weighted by Crippen LogP contribution is 2.70. The van der Waals surface area contributed by atoms with Crippen LogP contribution in [0.5, 0.6) is 0 Å². The van der Waals surface area contributed by atoms with Gasteiger partial charge in [-0.15, -0.1) is 0 Å². The molecule has 0 aromatic carbocycles. The Labute approximate surface area is 128 Å². The summed E-state index contributed by atoms with van der Waals surface area (Å²) in [5, 5.41) is 0. The highest BCUT2D eigenvalue weighted by Gasteiger charge is 2.60. The Balaban J connectivity index is 1.49. The highest BCUT2D eigenvalue weighted by molar-refractivity contribution is 5.78. The zero-order valence-corrected chi connectivity index (χ0v) is 13.7. The molecule has 4 aliphatic carbocycles. The molecule has 118 valence electrons. The van der Waals surface area contributed by atoms with Crippen LogP contribution in [0.25, 0.3) is 0 Å². The van der Waals surface area contributed by atoms with E-state index >= 15 is 0 Å². The van der Waals surface area contributed by atoms with E-state index in [1.807, 2.05) is 0 Å². The van der Waals surface area contributed by atoms with Crippen molar-refractivity contribution in [1.82, 2.24) is 4.90 Å². The first-order chi connectivity index (χ1) is 9.83. The van der Waals surface area contributed by atoms with Crippen LogP contribution in [0.1, 0.15) is 58.8 Å². The molecule has 5 rings (SSSR count). The number of amides is 1. The van der Waals surface area contributed by atoms with E-state index in [-0.39, 0.29) is 0 Å². The number of likely N-dealkylation sites (tertiary alicyclic amines) is 1. The molecule has 1 aliphatic heterocycles. The summed E-state index contributed by atoms with van der Waals surface area (Å²) >= 11 is 0. The minimum atomic E-state index is 0.327. The van der Waals surface area contributed by atoms with Crippen LogP contribution in [0.4, 0.5) is 0 Å². The van der Waals surface area contributed by atoms with Gasteiger partial charge in [-0.25, -0.2) is 0 Å². The zero-order valence-electron chi connectivity index (χ0n) is 13.7. The molecule has 2 atom stereocenters. The maximum atomic E-state index is 12.7. The number of nitrogens with zero attached hydrogens (tertiary/aromatic N) is 1. The minimum Gasteiger partial charge on any atom is -0.342 e. The zero-order chi connectivity index (χ0) is 14.9. The Bertz CT molecular complexity index is 450. The van der Waals surface area contributed by atoms with E-state index in [0.717, 1.165) is 32.0 Å². The largest absolute Gasteiger partial charge is 0.342 e. The van der Waals surface area contributed by atoms with Gasteiger partial charge in [-0.05, 0) is 67.2 Å².